The van der Waals surface area contributed by atoms with Crippen LogP contribution in [0.15, 0.2) is 28.9 Å². The molecule has 2 aromatic rings. The Kier molecular flexibility index (Phi) is 2.63. The number of rotatable bonds is 2. The van der Waals surface area contributed by atoms with Crippen molar-refractivity contribution in [2.75, 3.05) is 5.32 Å². The van der Waals surface area contributed by atoms with Gasteiger partial charge in [0.2, 0.25) is 5.95 Å². The Morgan fingerprint density at radius 2 is 2.25 bits per heavy atom. The van der Waals surface area contributed by atoms with Crippen molar-refractivity contribution < 1.29 is 13.6 Å². The van der Waals surface area contributed by atoms with Gasteiger partial charge >= 0.3 is 6.01 Å². The van der Waals surface area contributed by atoms with Gasteiger partial charge in [0.05, 0.1) is 5.69 Å². The predicted molar refractivity (Wildman–Crippen MR) is 53.4 cm³/mol. The minimum absolute atomic E-state index is 0.0316. The molecule has 0 radical (unpaired) electrons. The highest BCUT2D eigenvalue weighted by atomic mass is 19.1. The van der Waals surface area contributed by atoms with Gasteiger partial charge in [0.25, 0.3) is 5.91 Å². The monoisotopic (exact) mass is 221 g/mol. The first-order valence-electron chi connectivity index (χ1n) is 4.51. The molecule has 0 unspecified atom stereocenters. The Balaban J connectivity index is 2.14. The predicted octanol–water partition coefficient (Wildman–Crippen LogP) is 1.77. The fourth-order valence-corrected chi connectivity index (χ4v) is 1.11. The summed E-state index contributed by atoms with van der Waals surface area (Å²) in [5.74, 6) is -1.28. The topological polar surface area (TPSA) is 68.0 Å². The molecule has 0 aliphatic rings. The van der Waals surface area contributed by atoms with Crippen LogP contribution in [0.2, 0.25) is 0 Å². The maximum absolute atomic E-state index is 12.7. The van der Waals surface area contributed by atoms with Gasteiger partial charge in [-0.15, -0.1) is 0 Å². The van der Waals surface area contributed by atoms with E-state index in [4.69, 9.17) is 4.42 Å². The number of nitrogens with one attached hydrogen (secondary N) is 1. The van der Waals surface area contributed by atoms with Gasteiger partial charge in [0.1, 0.15) is 12.0 Å². The fourth-order valence-electron chi connectivity index (χ4n) is 1.11. The van der Waals surface area contributed by atoms with Crippen molar-refractivity contribution in [2.24, 2.45) is 0 Å². The minimum Gasteiger partial charge on any atom is -0.432 e. The summed E-state index contributed by atoms with van der Waals surface area (Å²) in [7, 11) is 0. The number of amides is 1. The lowest BCUT2D eigenvalue weighted by Crippen LogP contribution is -2.14. The van der Waals surface area contributed by atoms with Crippen molar-refractivity contribution >= 4 is 11.9 Å². The highest BCUT2D eigenvalue weighted by Gasteiger charge is 2.11. The Bertz CT molecular complexity index is 524. The number of hydrogen-bond acceptors (Lipinski definition) is 4. The van der Waals surface area contributed by atoms with Gasteiger partial charge in [0, 0.05) is 0 Å². The third-order valence-corrected chi connectivity index (χ3v) is 1.79. The second-order valence-corrected chi connectivity index (χ2v) is 3.09. The number of aryl methyl sites for hydroxylation is 1. The Morgan fingerprint density at radius 3 is 2.88 bits per heavy atom. The molecule has 0 bridgehead atoms. The number of pyridine rings is 1. The van der Waals surface area contributed by atoms with Gasteiger partial charge < -0.3 is 4.42 Å². The Hall–Kier alpha value is -2.24. The van der Waals surface area contributed by atoms with E-state index in [1.807, 2.05) is 0 Å². The van der Waals surface area contributed by atoms with E-state index in [1.165, 1.54) is 18.4 Å². The third kappa shape index (κ3) is 2.22. The number of halogens is 1. The average molecular weight is 221 g/mol. The largest absolute Gasteiger partial charge is 0.432 e. The molecule has 2 aromatic heterocycles. The van der Waals surface area contributed by atoms with Crippen molar-refractivity contribution in [2.45, 2.75) is 6.92 Å². The zero-order chi connectivity index (χ0) is 11.5. The summed E-state index contributed by atoms with van der Waals surface area (Å²) in [6.45, 7) is 1.72. The van der Waals surface area contributed by atoms with Crippen molar-refractivity contribution in [1.82, 2.24) is 9.97 Å². The number of anilines is 1. The molecule has 0 aliphatic heterocycles. The highest BCUT2D eigenvalue weighted by Crippen LogP contribution is 2.08. The molecule has 0 fully saturated rings. The molecule has 0 atom stereocenters. The van der Waals surface area contributed by atoms with Crippen molar-refractivity contribution in [3.8, 4) is 0 Å². The molecular weight excluding hydrogens is 213 g/mol. The molecule has 0 saturated carbocycles. The number of oxazole rings is 1. The second kappa shape index (κ2) is 4.09. The van der Waals surface area contributed by atoms with Crippen LogP contribution < -0.4 is 5.32 Å². The molecule has 0 aliphatic carbocycles. The molecule has 1 N–H and O–H groups in total. The van der Waals surface area contributed by atoms with Gasteiger partial charge in [0.15, 0.2) is 0 Å². The summed E-state index contributed by atoms with van der Waals surface area (Å²) in [5.41, 5.74) is 0.610. The number of nitrogens with zero attached hydrogens (tertiary/aromatic N) is 2. The summed E-state index contributed by atoms with van der Waals surface area (Å²) in [6, 6.07) is 4.02. The molecule has 2 heterocycles. The number of aromatic nitrogens is 2. The molecule has 2 rings (SSSR count). The molecule has 82 valence electrons. The molecule has 0 spiro atoms. The normalized spacial score (nSPS) is 10.1. The van der Waals surface area contributed by atoms with Crippen LogP contribution in [0, 0.1) is 12.9 Å². The molecule has 1 amide bonds. The van der Waals surface area contributed by atoms with E-state index < -0.39 is 11.9 Å². The first-order valence-corrected chi connectivity index (χ1v) is 4.51. The van der Waals surface area contributed by atoms with Crippen LogP contribution >= 0.6 is 0 Å². The van der Waals surface area contributed by atoms with Crippen LogP contribution in [0.5, 0.6) is 0 Å². The van der Waals surface area contributed by atoms with Crippen LogP contribution in [-0.2, 0) is 0 Å². The summed E-state index contributed by atoms with van der Waals surface area (Å²) in [4.78, 5) is 18.8. The second-order valence-electron chi connectivity index (χ2n) is 3.09. The molecule has 5 nitrogen and oxygen atoms in total. The molecule has 0 saturated heterocycles. The van der Waals surface area contributed by atoms with E-state index in [0.29, 0.717) is 5.69 Å². The molecule has 0 aromatic carbocycles. The van der Waals surface area contributed by atoms with E-state index >= 15 is 0 Å². The summed E-state index contributed by atoms with van der Waals surface area (Å²) >= 11 is 0. The maximum Gasteiger partial charge on any atom is 0.301 e. The third-order valence-electron chi connectivity index (χ3n) is 1.79. The van der Waals surface area contributed by atoms with Crippen LogP contribution in [0.1, 0.15) is 16.2 Å². The molecule has 16 heavy (non-hydrogen) atoms. The first kappa shape index (κ1) is 10.3. The lowest BCUT2D eigenvalue weighted by molar-refractivity contribution is 0.101. The SMILES string of the molecule is Cc1coc(NC(=O)c2cccc(F)n2)n1. The average Bonchev–Trinajstić information content (AvgIpc) is 2.64. The van der Waals surface area contributed by atoms with Gasteiger partial charge in [-0.2, -0.15) is 9.37 Å². The highest BCUT2D eigenvalue weighted by molar-refractivity contribution is 6.01. The zero-order valence-electron chi connectivity index (χ0n) is 8.40. The van der Waals surface area contributed by atoms with Crippen LogP contribution in [0.25, 0.3) is 0 Å². The van der Waals surface area contributed by atoms with Crippen LogP contribution in [-0.4, -0.2) is 15.9 Å². The number of hydrogen-bond donors (Lipinski definition) is 1. The minimum atomic E-state index is -0.712. The smallest absolute Gasteiger partial charge is 0.301 e. The van der Waals surface area contributed by atoms with Crippen molar-refractivity contribution in [3.05, 3.63) is 41.8 Å². The van der Waals surface area contributed by atoms with E-state index in [9.17, 15) is 9.18 Å². The van der Waals surface area contributed by atoms with Gasteiger partial charge in [-0.25, -0.2) is 4.98 Å². The lowest BCUT2D eigenvalue weighted by atomic mass is 10.3. The number of carbonyl (C=O) groups is 1. The zero-order valence-corrected chi connectivity index (χ0v) is 8.40. The fraction of sp³-hybridized carbons (Fsp3) is 0.100. The van der Waals surface area contributed by atoms with Gasteiger partial charge in [-0.1, -0.05) is 6.07 Å². The first-order chi connectivity index (χ1) is 7.65. The van der Waals surface area contributed by atoms with Crippen LogP contribution in [0.4, 0.5) is 10.4 Å². The standard InChI is InChI=1S/C10H8FN3O2/c1-6-5-16-10(12-6)14-9(15)7-3-2-4-8(11)13-7/h2-5H,1H3,(H,12,14,15). The van der Waals surface area contributed by atoms with Crippen molar-refractivity contribution in [1.29, 1.82) is 0 Å². The van der Waals surface area contributed by atoms with Crippen molar-refractivity contribution in [3.63, 3.8) is 0 Å². The Morgan fingerprint density at radius 1 is 1.44 bits per heavy atom. The van der Waals surface area contributed by atoms with E-state index in [2.05, 4.69) is 15.3 Å². The molecule has 6 heteroatoms. The summed E-state index contributed by atoms with van der Waals surface area (Å²) in [6.07, 6.45) is 1.40. The lowest BCUT2D eigenvalue weighted by Gasteiger charge is -1.99. The van der Waals surface area contributed by atoms with Gasteiger partial charge in [-0.3, -0.25) is 10.1 Å². The summed E-state index contributed by atoms with van der Waals surface area (Å²) in [5, 5.41) is 2.36. The van der Waals surface area contributed by atoms with E-state index in [-0.39, 0.29) is 11.7 Å². The Labute approximate surface area is 90.3 Å². The summed E-state index contributed by atoms with van der Waals surface area (Å²) < 4.78 is 17.7. The van der Waals surface area contributed by atoms with Crippen LogP contribution in [0.3, 0.4) is 0 Å². The van der Waals surface area contributed by atoms with E-state index in [1.54, 1.807) is 6.92 Å². The maximum atomic E-state index is 12.7. The quantitative estimate of drug-likeness (QED) is 0.784. The van der Waals surface area contributed by atoms with E-state index in [0.717, 1.165) is 6.07 Å². The number of carbonyl (C=O) groups excluding carboxylic acids is 1. The van der Waals surface area contributed by atoms with Gasteiger partial charge in [-0.05, 0) is 19.1 Å². The molecular formula is C10H8FN3O2.